The molecule has 5 heteroatoms. The predicted molar refractivity (Wildman–Crippen MR) is 77.3 cm³/mol. The van der Waals surface area contributed by atoms with Crippen LogP contribution in [-0.2, 0) is 0 Å². The van der Waals surface area contributed by atoms with Gasteiger partial charge >= 0.3 is 0 Å². The number of amides is 1. The number of para-hydroxylation sites is 2. The number of halogens is 1. The second-order valence-corrected chi connectivity index (χ2v) is 4.99. The van der Waals surface area contributed by atoms with Gasteiger partial charge in [0.1, 0.15) is 6.33 Å². The third-order valence-electron chi connectivity index (χ3n) is 2.95. The van der Waals surface area contributed by atoms with Crippen LogP contribution in [0.3, 0.4) is 0 Å². The molecule has 3 aromatic rings. The first kappa shape index (κ1) is 11.9. The van der Waals surface area contributed by atoms with E-state index in [-0.39, 0.29) is 0 Å². The van der Waals surface area contributed by atoms with Crippen LogP contribution in [-0.4, -0.2) is 15.5 Å². The van der Waals surface area contributed by atoms with Gasteiger partial charge in [-0.3, -0.25) is 9.36 Å². The summed E-state index contributed by atoms with van der Waals surface area (Å²) in [7, 11) is 0. The largest absolute Gasteiger partial charge is 0.366 e. The van der Waals surface area contributed by atoms with Crippen LogP contribution in [0.4, 0.5) is 0 Å². The van der Waals surface area contributed by atoms with Crippen molar-refractivity contribution in [3.05, 3.63) is 58.8 Å². The third kappa shape index (κ3) is 2.02. The van der Waals surface area contributed by atoms with Crippen LogP contribution in [0.25, 0.3) is 16.7 Å². The van der Waals surface area contributed by atoms with Crippen LogP contribution in [0.1, 0.15) is 10.4 Å². The maximum Gasteiger partial charge on any atom is 0.249 e. The summed E-state index contributed by atoms with van der Waals surface area (Å²) in [5.74, 6) is -0.450. The number of imidazole rings is 1. The summed E-state index contributed by atoms with van der Waals surface area (Å²) in [6.45, 7) is 0. The fourth-order valence-electron chi connectivity index (χ4n) is 2.02. The molecule has 0 aliphatic carbocycles. The lowest BCUT2D eigenvalue weighted by Crippen LogP contribution is -2.11. The number of rotatable bonds is 2. The molecule has 0 radical (unpaired) electrons. The Morgan fingerprint density at radius 2 is 2.00 bits per heavy atom. The maximum atomic E-state index is 11.2. The molecule has 3 rings (SSSR count). The zero-order chi connectivity index (χ0) is 13.4. The molecule has 4 nitrogen and oxygen atoms in total. The van der Waals surface area contributed by atoms with Crippen molar-refractivity contribution in [2.45, 2.75) is 0 Å². The van der Waals surface area contributed by atoms with Gasteiger partial charge in [-0.1, -0.05) is 12.1 Å². The molecule has 0 unspecified atom stereocenters. The van der Waals surface area contributed by atoms with E-state index in [1.165, 1.54) is 0 Å². The van der Waals surface area contributed by atoms with E-state index in [9.17, 15) is 4.79 Å². The molecule has 0 aliphatic rings. The van der Waals surface area contributed by atoms with Gasteiger partial charge in [-0.05, 0) is 46.3 Å². The number of fused-ring (bicyclic) bond motifs is 1. The van der Waals surface area contributed by atoms with Gasteiger partial charge in [0.15, 0.2) is 0 Å². The van der Waals surface area contributed by atoms with Crippen LogP contribution >= 0.6 is 15.9 Å². The SMILES string of the molecule is NC(=O)c1ccc(-n2cnc3ccccc32)cc1Br. The lowest BCUT2D eigenvalue weighted by atomic mass is 10.2. The molecule has 2 aromatic carbocycles. The molecule has 0 saturated heterocycles. The van der Waals surface area contributed by atoms with Gasteiger partial charge in [-0.25, -0.2) is 4.98 Å². The quantitative estimate of drug-likeness (QED) is 0.790. The Balaban J connectivity index is 2.17. The Bertz CT molecular complexity index is 779. The summed E-state index contributed by atoms with van der Waals surface area (Å²) in [5.41, 5.74) is 8.62. The summed E-state index contributed by atoms with van der Waals surface area (Å²) >= 11 is 3.36. The van der Waals surface area contributed by atoms with E-state index < -0.39 is 5.91 Å². The van der Waals surface area contributed by atoms with Crippen molar-refractivity contribution in [2.75, 3.05) is 0 Å². The number of nitrogens with zero attached hydrogens (tertiary/aromatic N) is 2. The third-order valence-corrected chi connectivity index (χ3v) is 3.61. The Labute approximate surface area is 118 Å². The Morgan fingerprint density at radius 1 is 1.21 bits per heavy atom. The molecule has 0 fully saturated rings. The summed E-state index contributed by atoms with van der Waals surface area (Å²) in [5, 5.41) is 0. The highest BCUT2D eigenvalue weighted by molar-refractivity contribution is 9.10. The number of nitrogens with two attached hydrogens (primary N) is 1. The molecule has 0 aliphatic heterocycles. The first-order valence-corrected chi connectivity index (χ1v) is 6.48. The predicted octanol–water partition coefficient (Wildman–Crippen LogP) is 2.89. The fourth-order valence-corrected chi connectivity index (χ4v) is 2.58. The fraction of sp³-hybridized carbons (Fsp3) is 0. The highest BCUT2D eigenvalue weighted by atomic mass is 79.9. The van der Waals surface area contributed by atoms with Gasteiger partial charge in [-0.2, -0.15) is 0 Å². The Hall–Kier alpha value is -2.14. The molecule has 94 valence electrons. The van der Waals surface area contributed by atoms with Crippen molar-refractivity contribution in [1.82, 2.24) is 9.55 Å². The zero-order valence-electron chi connectivity index (χ0n) is 9.88. The standard InChI is InChI=1S/C14H10BrN3O/c15-11-7-9(5-6-10(11)14(16)19)18-8-17-12-3-1-2-4-13(12)18/h1-8H,(H2,16,19). The number of hydrogen-bond donors (Lipinski definition) is 1. The van der Waals surface area contributed by atoms with E-state index in [4.69, 9.17) is 5.73 Å². The number of benzene rings is 2. The minimum atomic E-state index is -0.450. The van der Waals surface area contributed by atoms with E-state index in [0.29, 0.717) is 10.0 Å². The minimum absolute atomic E-state index is 0.450. The van der Waals surface area contributed by atoms with E-state index in [2.05, 4.69) is 20.9 Å². The molecule has 2 N–H and O–H groups in total. The first-order valence-electron chi connectivity index (χ1n) is 5.68. The molecule has 0 atom stereocenters. The van der Waals surface area contributed by atoms with E-state index in [1.807, 2.05) is 41.0 Å². The van der Waals surface area contributed by atoms with Gasteiger partial charge in [-0.15, -0.1) is 0 Å². The monoisotopic (exact) mass is 315 g/mol. The van der Waals surface area contributed by atoms with Crippen LogP contribution in [0, 0.1) is 0 Å². The molecule has 0 bridgehead atoms. The smallest absolute Gasteiger partial charge is 0.249 e. The summed E-state index contributed by atoms with van der Waals surface area (Å²) in [6.07, 6.45) is 1.76. The molecule has 0 spiro atoms. The van der Waals surface area contributed by atoms with E-state index in [0.717, 1.165) is 16.7 Å². The van der Waals surface area contributed by atoms with E-state index in [1.54, 1.807) is 12.4 Å². The normalized spacial score (nSPS) is 10.8. The molecule has 1 heterocycles. The minimum Gasteiger partial charge on any atom is -0.366 e. The number of carbonyl (C=O) groups excluding carboxylic acids is 1. The lowest BCUT2D eigenvalue weighted by Gasteiger charge is -2.07. The summed E-state index contributed by atoms with van der Waals surface area (Å²) in [4.78, 5) is 15.5. The van der Waals surface area contributed by atoms with E-state index >= 15 is 0 Å². The molecule has 19 heavy (non-hydrogen) atoms. The highest BCUT2D eigenvalue weighted by Gasteiger charge is 2.09. The number of hydrogen-bond acceptors (Lipinski definition) is 2. The highest BCUT2D eigenvalue weighted by Crippen LogP contribution is 2.23. The lowest BCUT2D eigenvalue weighted by molar-refractivity contribution is 0.0999. The molecular formula is C14H10BrN3O. The van der Waals surface area contributed by atoms with Crippen LogP contribution < -0.4 is 5.73 Å². The van der Waals surface area contributed by atoms with Crippen LogP contribution in [0.5, 0.6) is 0 Å². The van der Waals surface area contributed by atoms with Gasteiger partial charge in [0.25, 0.3) is 0 Å². The van der Waals surface area contributed by atoms with Crippen molar-refractivity contribution < 1.29 is 4.79 Å². The van der Waals surface area contributed by atoms with Gasteiger partial charge < -0.3 is 5.73 Å². The second-order valence-electron chi connectivity index (χ2n) is 4.13. The van der Waals surface area contributed by atoms with Crippen LogP contribution in [0.15, 0.2) is 53.3 Å². The number of aromatic nitrogens is 2. The van der Waals surface area contributed by atoms with Gasteiger partial charge in [0, 0.05) is 10.2 Å². The Morgan fingerprint density at radius 3 is 2.74 bits per heavy atom. The maximum absolute atomic E-state index is 11.2. The van der Waals surface area contributed by atoms with Crippen molar-refractivity contribution in [3.63, 3.8) is 0 Å². The van der Waals surface area contributed by atoms with Crippen molar-refractivity contribution >= 4 is 32.9 Å². The van der Waals surface area contributed by atoms with Crippen molar-refractivity contribution in [3.8, 4) is 5.69 Å². The molecule has 1 aromatic heterocycles. The van der Waals surface area contributed by atoms with Crippen molar-refractivity contribution in [1.29, 1.82) is 0 Å². The average molecular weight is 316 g/mol. The molecule has 1 amide bonds. The van der Waals surface area contributed by atoms with Gasteiger partial charge in [0.2, 0.25) is 5.91 Å². The number of primary amides is 1. The van der Waals surface area contributed by atoms with Gasteiger partial charge in [0.05, 0.1) is 16.6 Å². The zero-order valence-corrected chi connectivity index (χ0v) is 11.5. The second kappa shape index (κ2) is 4.51. The molecular weight excluding hydrogens is 306 g/mol. The van der Waals surface area contributed by atoms with Crippen molar-refractivity contribution in [2.24, 2.45) is 5.73 Å². The topological polar surface area (TPSA) is 60.9 Å². The Kier molecular flexibility index (Phi) is 2.83. The molecule has 0 saturated carbocycles. The summed E-state index contributed by atoms with van der Waals surface area (Å²) in [6, 6.07) is 13.3. The van der Waals surface area contributed by atoms with Crippen LogP contribution in [0.2, 0.25) is 0 Å². The first-order chi connectivity index (χ1) is 9.16. The summed E-state index contributed by atoms with van der Waals surface area (Å²) < 4.78 is 2.64. The number of carbonyl (C=O) groups is 1. The average Bonchev–Trinajstić information content (AvgIpc) is 2.82.